The first-order chi connectivity index (χ1) is 16.9. The summed E-state index contributed by atoms with van der Waals surface area (Å²) in [5.74, 6) is -0.961. The van der Waals surface area contributed by atoms with Crippen molar-refractivity contribution in [3.05, 3.63) is 101 Å². The molecule has 0 saturated carbocycles. The van der Waals surface area contributed by atoms with E-state index in [9.17, 15) is 14.7 Å². The maximum absolute atomic E-state index is 13.6. The van der Waals surface area contributed by atoms with E-state index in [2.05, 4.69) is 0 Å². The Hall–Kier alpha value is -3.45. The Bertz CT molecular complexity index is 1230. The summed E-state index contributed by atoms with van der Waals surface area (Å²) >= 11 is 6.22. The van der Waals surface area contributed by atoms with Crippen LogP contribution in [0.4, 0.5) is 17.1 Å². The third kappa shape index (κ3) is 4.73. The number of para-hydroxylation sites is 1. The summed E-state index contributed by atoms with van der Waals surface area (Å²) in [6, 6.07) is 21.8. The van der Waals surface area contributed by atoms with Crippen LogP contribution in [0.25, 0.3) is 0 Å². The van der Waals surface area contributed by atoms with E-state index >= 15 is 0 Å². The van der Waals surface area contributed by atoms with Gasteiger partial charge in [-0.05, 0) is 54.4 Å². The molecule has 0 aliphatic carbocycles. The number of benzene rings is 3. The van der Waals surface area contributed by atoms with Crippen LogP contribution < -0.4 is 9.80 Å². The molecular weight excluding hydrogens is 464 g/mol. The second-order valence-electron chi connectivity index (χ2n) is 8.53. The number of halogens is 1. The maximum atomic E-state index is 13.6. The van der Waals surface area contributed by atoms with Crippen LogP contribution in [0.3, 0.4) is 0 Å². The summed E-state index contributed by atoms with van der Waals surface area (Å²) in [5, 5.41) is 21.1. The van der Waals surface area contributed by atoms with E-state index < -0.39 is 17.4 Å². The number of fused-ring (bicyclic) bond motifs is 1. The molecule has 0 spiro atoms. The first kappa shape index (κ1) is 24.7. The van der Waals surface area contributed by atoms with E-state index in [1.54, 1.807) is 47.1 Å². The number of aliphatic hydroxyl groups excluding tert-OH is 1. The minimum absolute atomic E-state index is 0.00800. The van der Waals surface area contributed by atoms with Gasteiger partial charge in [0.15, 0.2) is 5.60 Å². The van der Waals surface area contributed by atoms with Crippen LogP contribution in [0.1, 0.15) is 24.5 Å². The highest BCUT2D eigenvalue weighted by Gasteiger charge is 2.52. The van der Waals surface area contributed by atoms with Gasteiger partial charge in [0.2, 0.25) is 6.41 Å². The van der Waals surface area contributed by atoms with Gasteiger partial charge in [0, 0.05) is 34.5 Å². The van der Waals surface area contributed by atoms with E-state index in [0.717, 1.165) is 17.7 Å². The number of carbonyl (C=O) groups excluding carboxylic acids is 2. The number of carbonyl (C=O) groups is 2. The summed E-state index contributed by atoms with van der Waals surface area (Å²) < 4.78 is 0. The Morgan fingerprint density at radius 2 is 1.74 bits per heavy atom. The van der Waals surface area contributed by atoms with E-state index in [0.29, 0.717) is 28.4 Å². The Labute approximate surface area is 209 Å². The first-order valence-corrected chi connectivity index (χ1v) is 11.8. The molecule has 1 heterocycles. The monoisotopic (exact) mass is 490 g/mol. The average molecular weight is 491 g/mol. The fraction of sp³-hybridized carbons (Fsp3) is 0.214. The summed E-state index contributed by atoms with van der Waals surface area (Å²) in [6.07, 6.45) is 4.70. The number of rotatable bonds is 9. The second-order valence-corrected chi connectivity index (χ2v) is 8.96. The van der Waals surface area contributed by atoms with Crippen LogP contribution >= 0.6 is 11.6 Å². The Kier molecular flexibility index (Phi) is 7.36. The molecule has 2 amide bonds. The van der Waals surface area contributed by atoms with Crippen molar-refractivity contribution in [1.29, 1.82) is 0 Å². The molecule has 0 fully saturated rings. The fourth-order valence-electron chi connectivity index (χ4n) is 4.39. The van der Waals surface area contributed by atoms with Crippen LogP contribution in [-0.4, -0.2) is 29.1 Å². The number of hydrogen-bond donors (Lipinski definition) is 2. The molecule has 0 bridgehead atoms. The lowest BCUT2D eigenvalue weighted by Crippen LogP contribution is -2.44. The zero-order valence-corrected chi connectivity index (χ0v) is 20.1. The van der Waals surface area contributed by atoms with Crippen LogP contribution in [0.15, 0.2) is 84.9 Å². The van der Waals surface area contributed by atoms with Crippen molar-refractivity contribution in [2.24, 2.45) is 5.92 Å². The van der Waals surface area contributed by atoms with Gasteiger partial charge in [-0.15, -0.1) is 0 Å². The molecule has 35 heavy (non-hydrogen) atoms. The predicted octanol–water partition coefficient (Wildman–Crippen LogP) is 4.94. The Morgan fingerprint density at radius 1 is 1.06 bits per heavy atom. The zero-order valence-electron chi connectivity index (χ0n) is 19.3. The van der Waals surface area contributed by atoms with E-state index in [-0.39, 0.29) is 13.2 Å². The molecule has 0 unspecified atom stereocenters. The highest BCUT2D eigenvalue weighted by molar-refractivity contribution is 6.31. The van der Waals surface area contributed by atoms with Crippen molar-refractivity contribution in [2.75, 3.05) is 16.4 Å². The molecule has 0 saturated heterocycles. The molecule has 2 N–H and O–H groups in total. The molecule has 6 nitrogen and oxygen atoms in total. The molecular formula is C28H27ClN2O4. The highest BCUT2D eigenvalue weighted by Crippen LogP contribution is 2.46. The molecule has 4 rings (SSSR count). The van der Waals surface area contributed by atoms with Crippen molar-refractivity contribution in [2.45, 2.75) is 25.5 Å². The first-order valence-electron chi connectivity index (χ1n) is 11.4. The van der Waals surface area contributed by atoms with Crippen LogP contribution in [-0.2, 0) is 21.7 Å². The molecule has 7 heteroatoms. The zero-order chi connectivity index (χ0) is 25.0. The van der Waals surface area contributed by atoms with Gasteiger partial charge in [0.05, 0.1) is 12.2 Å². The number of aliphatic hydroxyl groups is 2. The van der Waals surface area contributed by atoms with E-state index in [4.69, 9.17) is 16.7 Å². The van der Waals surface area contributed by atoms with Crippen molar-refractivity contribution >= 4 is 41.0 Å². The fourth-order valence-corrected chi connectivity index (χ4v) is 4.57. The standard InChI is InChI=1S/C28H27ClN2O4/c1-20(7-5-6-16-32)28(35)25-17-22(29)12-15-26(25)30(27(28)34)18-21-10-13-24(14-11-21)31(19-33)23-8-3-2-4-9-23/h2-5,7-15,17,19-20,32,35H,6,16,18H2,1H3/b7-5+/t20-,28+/m0/s1. The molecule has 0 radical (unpaired) electrons. The average Bonchev–Trinajstić information content (AvgIpc) is 3.08. The molecule has 1 aliphatic rings. The third-order valence-electron chi connectivity index (χ3n) is 6.31. The van der Waals surface area contributed by atoms with Gasteiger partial charge in [-0.1, -0.05) is 61.0 Å². The molecule has 2 atom stereocenters. The number of hydrogen-bond acceptors (Lipinski definition) is 4. The summed E-state index contributed by atoms with van der Waals surface area (Å²) in [6.45, 7) is 2.01. The van der Waals surface area contributed by atoms with Gasteiger partial charge in [0.1, 0.15) is 0 Å². The van der Waals surface area contributed by atoms with Gasteiger partial charge in [-0.2, -0.15) is 0 Å². The van der Waals surface area contributed by atoms with Crippen molar-refractivity contribution in [3.8, 4) is 0 Å². The van der Waals surface area contributed by atoms with Crippen molar-refractivity contribution < 1.29 is 19.8 Å². The minimum Gasteiger partial charge on any atom is -0.396 e. The molecule has 0 aromatic heterocycles. The van der Waals surface area contributed by atoms with Crippen molar-refractivity contribution in [1.82, 2.24) is 0 Å². The van der Waals surface area contributed by atoms with Crippen LogP contribution in [0.2, 0.25) is 5.02 Å². The van der Waals surface area contributed by atoms with Gasteiger partial charge < -0.3 is 15.1 Å². The molecule has 3 aromatic carbocycles. The number of nitrogens with zero attached hydrogens (tertiary/aromatic N) is 2. The maximum Gasteiger partial charge on any atom is 0.264 e. The summed E-state index contributed by atoms with van der Waals surface area (Å²) in [5.41, 5.74) is 1.59. The third-order valence-corrected chi connectivity index (χ3v) is 6.54. The lowest BCUT2D eigenvalue weighted by molar-refractivity contribution is -0.139. The number of amides is 2. The lowest BCUT2D eigenvalue weighted by Gasteiger charge is -2.28. The highest BCUT2D eigenvalue weighted by atomic mass is 35.5. The van der Waals surface area contributed by atoms with Gasteiger partial charge in [0.25, 0.3) is 5.91 Å². The number of anilines is 3. The smallest absolute Gasteiger partial charge is 0.264 e. The largest absolute Gasteiger partial charge is 0.396 e. The quantitative estimate of drug-likeness (QED) is 0.329. The van der Waals surface area contributed by atoms with Gasteiger partial charge >= 0.3 is 0 Å². The second kappa shape index (κ2) is 10.4. The molecule has 1 aliphatic heterocycles. The van der Waals surface area contributed by atoms with E-state index in [1.807, 2.05) is 54.6 Å². The lowest BCUT2D eigenvalue weighted by atomic mass is 9.83. The normalized spacial score (nSPS) is 18.1. The van der Waals surface area contributed by atoms with Crippen LogP contribution in [0.5, 0.6) is 0 Å². The molecule has 3 aromatic rings. The summed E-state index contributed by atoms with van der Waals surface area (Å²) in [4.78, 5) is 28.4. The Morgan fingerprint density at radius 3 is 2.40 bits per heavy atom. The predicted molar refractivity (Wildman–Crippen MR) is 138 cm³/mol. The summed E-state index contributed by atoms with van der Waals surface area (Å²) in [7, 11) is 0. The molecule has 180 valence electrons. The van der Waals surface area contributed by atoms with Gasteiger partial charge in [-0.3, -0.25) is 14.5 Å². The SMILES string of the molecule is C[C@@H](/C=C/CCO)[C@]1(O)C(=O)N(Cc2ccc(N(C=O)c3ccccc3)cc2)c2ccc(Cl)cc21. The van der Waals surface area contributed by atoms with Crippen LogP contribution in [0, 0.1) is 5.92 Å². The van der Waals surface area contributed by atoms with Crippen molar-refractivity contribution in [3.63, 3.8) is 0 Å². The van der Waals surface area contributed by atoms with Gasteiger partial charge in [-0.25, -0.2) is 0 Å². The van der Waals surface area contributed by atoms with E-state index in [1.165, 1.54) is 0 Å². The topological polar surface area (TPSA) is 81.1 Å². The Balaban J connectivity index is 1.62. The minimum atomic E-state index is -1.77.